The molecule has 7 nitrogen and oxygen atoms in total. The van der Waals surface area contributed by atoms with Crippen LogP contribution in [0.1, 0.15) is 11.1 Å². The Kier molecular flexibility index (Phi) is 9.07. The summed E-state index contributed by atoms with van der Waals surface area (Å²) in [5, 5.41) is 14.9. The van der Waals surface area contributed by atoms with Crippen LogP contribution in [0.3, 0.4) is 0 Å². The van der Waals surface area contributed by atoms with Crippen LogP contribution in [-0.2, 0) is 27.3 Å². The third-order valence-corrected chi connectivity index (χ3v) is 4.49. The van der Waals surface area contributed by atoms with Crippen LogP contribution in [0.5, 0.6) is 0 Å². The topological polar surface area (TPSA) is 96.9 Å². The van der Waals surface area contributed by atoms with E-state index in [0.717, 1.165) is 11.1 Å². The number of aliphatic hydroxyl groups is 1. The van der Waals surface area contributed by atoms with Crippen LogP contribution in [0.2, 0.25) is 0 Å². The zero-order valence-corrected chi connectivity index (χ0v) is 16.9. The van der Waals surface area contributed by atoms with Crippen LogP contribution in [0, 0.1) is 0 Å². The number of carbonyl (C=O) groups is 2. The quantitative estimate of drug-likeness (QED) is 0.425. The Labute approximate surface area is 175 Å². The first-order valence-electron chi connectivity index (χ1n) is 9.03. The lowest BCUT2D eigenvalue weighted by Crippen LogP contribution is -2.53. The maximum Gasteiger partial charge on any atom is 0.408 e. The van der Waals surface area contributed by atoms with Gasteiger partial charge in [0.2, 0.25) is 0 Å². The van der Waals surface area contributed by atoms with E-state index in [0.29, 0.717) is 6.42 Å². The van der Waals surface area contributed by atoms with E-state index in [4.69, 9.17) is 17.0 Å². The van der Waals surface area contributed by atoms with Crippen molar-refractivity contribution in [2.24, 2.45) is 0 Å². The molecule has 0 saturated carbocycles. The highest BCUT2D eigenvalue weighted by molar-refractivity contribution is 7.80. The van der Waals surface area contributed by atoms with Crippen LogP contribution < -0.4 is 10.6 Å². The van der Waals surface area contributed by atoms with Gasteiger partial charge in [0.25, 0.3) is 0 Å². The van der Waals surface area contributed by atoms with Gasteiger partial charge in [-0.2, -0.15) is 0 Å². The van der Waals surface area contributed by atoms with Crippen LogP contribution >= 0.6 is 12.2 Å². The van der Waals surface area contributed by atoms with Gasteiger partial charge in [-0.1, -0.05) is 72.9 Å². The van der Waals surface area contributed by atoms with Gasteiger partial charge in [0.1, 0.15) is 12.6 Å². The number of aliphatic hydroxyl groups excluding tert-OH is 1. The fraction of sp³-hybridized carbons (Fsp3) is 0.286. The first kappa shape index (κ1) is 22.3. The molecular weight excluding hydrogens is 392 g/mol. The van der Waals surface area contributed by atoms with E-state index < -0.39 is 30.8 Å². The summed E-state index contributed by atoms with van der Waals surface area (Å²) in [6.45, 7) is -0.379. The van der Waals surface area contributed by atoms with E-state index in [2.05, 4.69) is 15.4 Å². The van der Waals surface area contributed by atoms with Crippen molar-refractivity contribution in [3.8, 4) is 0 Å². The van der Waals surface area contributed by atoms with E-state index in [1.807, 2.05) is 60.7 Å². The number of esters is 1. The lowest BCUT2D eigenvalue weighted by Gasteiger charge is -2.23. The number of rotatable bonds is 9. The summed E-state index contributed by atoms with van der Waals surface area (Å²) in [7, 11) is 1.22. The number of thiocarbonyl (C=S) groups is 1. The monoisotopic (exact) mass is 416 g/mol. The summed E-state index contributed by atoms with van der Waals surface area (Å²) >= 11 is 5.38. The van der Waals surface area contributed by atoms with Crippen LogP contribution in [-0.4, -0.2) is 48.0 Å². The third-order valence-electron chi connectivity index (χ3n) is 4.09. The van der Waals surface area contributed by atoms with E-state index in [9.17, 15) is 14.7 Å². The molecule has 0 heterocycles. The molecule has 0 aliphatic heterocycles. The van der Waals surface area contributed by atoms with Gasteiger partial charge in [0.05, 0.1) is 24.7 Å². The fourth-order valence-corrected chi connectivity index (χ4v) is 2.84. The normalized spacial score (nSPS) is 12.3. The van der Waals surface area contributed by atoms with Crippen molar-refractivity contribution in [1.29, 1.82) is 0 Å². The number of benzene rings is 2. The van der Waals surface area contributed by atoms with Crippen LogP contribution in [0.4, 0.5) is 4.79 Å². The van der Waals surface area contributed by atoms with E-state index in [-0.39, 0.29) is 11.6 Å². The molecule has 1 amide bonds. The second kappa shape index (κ2) is 11.8. The predicted molar refractivity (Wildman–Crippen MR) is 112 cm³/mol. The summed E-state index contributed by atoms with van der Waals surface area (Å²) in [5.41, 5.74) is 1.79. The van der Waals surface area contributed by atoms with Gasteiger partial charge in [0, 0.05) is 0 Å². The molecule has 0 bridgehead atoms. The minimum Gasteiger partial charge on any atom is -0.467 e. The maximum atomic E-state index is 12.3. The molecule has 0 unspecified atom stereocenters. The van der Waals surface area contributed by atoms with Crippen molar-refractivity contribution in [2.75, 3.05) is 13.7 Å². The number of nitrogens with one attached hydrogen (secondary N) is 2. The first-order chi connectivity index (χ1) is 14.0. The van der Waals surface area contributed by atoms with Crippen LogP contribution in [0.15, 0.2) is 60.7 Å². The Bertz CT molecular complexity index is 801. The average Bonchev–Trinajstić information content (AvgIpc) is 2.76. The number of carbonyl (C=O) groups excluding carboxylic acids is 2. The molecule has 29 heavy (non-hydrogen) atoms. The molecule has 0 aliphatic rings. The number of hydrogen-bond donors (Lipinski definition) is 3. The van der Waals surface area contributed by atoms with Crippen molar-refractivity contribution in [1.82, 2.24) is 10.6 Å². The van der Waals surface area contributed by atoms with Crippen molar-refractivity contribution in [3.05, 3.63) is 71.8 Å². The Hall–Kier alpha value is -2.97. The van der Waals surface area contributed by atoms with Crippen molar-refractivity contribution < 1.29 is 24.2 Å². The molecule has 2 aromatic carbocycles. The zero-order chi connectivity index (χ0) is 21.1. The van der Waals surface area contributed by atoms with Crippen molar-refractivity contribution in [3.63, 3.8) is 0 Å². The largest absolute Gasteiger partial charge is 0.467 e. The first-order valence-corrected chi connectivity index (χ1v) is 9.44. The lowest BCUT2D eigenvalue weighted by atomic mass is 10.1. The Balaban J connectivity index is 2.04. The Morgan fingerprint density at radius 2 is 1.55 bits per heavy atom. The summed E-state index contributed by atoms with van der Waals surface area (Å²) in [6, 6.07) is 17.1. The van der Waals surface area contributed by atoms with Gasteiger partial charge in [-0.25, -0.2) is 9.59 Å². The number of hydrogen-bond acceptors (Lipinski definition) is 6. The SMILES string of the molecule is COC(=O)[C@H](CO)NC(=S)[C@H](Cc1ccccc1)NC(=O)OCc1ccccc1. The molecule has 2 atom stereocenters. The summed E-state index contributed by atoms with van der Waals surface area (Å²) in [6.07, 6.45) is -0.260. The molecule has 0 saturated heterocycles. The van der Waals surface area contributed by atoms with Gasteiger partial charge >= 0.3 is 12.1 Å². The Morgan fingerprint density at radius 3 is 2.10 bits per heavy atom. The van der Waals surface area contributed by atoms with Crippen LogP contribution in [0.25, 0.3) is 0 Å². The number of alkyl carbamates (subject to hydrolysis) is 1. The highest BCUT2D eigenvalue weighted by atomic mass is 32.1. The number of amides is 1. The van der Waals surface area contributed by atoms with Crippen molar-refractivity contribution in [2.45, 2.75) is 25.1 Å². The minimum absolute atomic E-state index is 0.117. The fourth-order valence-electron chi connectivity index (χ4n) is 2.56. The summed E-state index contributed by atoms with van der Waals surface area (Å²) in [4.78, 5) is 24.2. The molecule has 0 fully saturated rings. The number of ether oxygens (including phenoxy) is 2. The molecule has 2 rings (SSSR count). The molecule has 0 aromatic heterocycles. The second-order valence-corrected chi connectivity index (χ2v) is 6.66. The zero-order valence-electron chi connectivity index (χ0n) is 16.0. The lowest BCUT2D eigenvalue weighted by molar-refractivity contribution is -0.143. The molecule has 3 N–H and O–H groups in total. The van der Waals surface area contributed by atoms with Gasteiger partial charge in [-0.05, 0) is 17.5 Å². The smallest absolute Gasteiger partial charge is 0.408 e. The maximum absolute atomic E-state index is 12.3. The van der Waals surface area contributed by atoms with Gasteiger partial charge in [-0.15, -0.1) is 0 Å². The van der Waals surface area contributed by atoms with Gasteiger partial charge < -0.3 is 25.2 Å². The molecule has 2 aromatic rings. The van der Waals surface area contributed by atoms with E-state index >= 15 is 0 Å². The average molecular weight is 416 g/mol. The molecule has 0 aliphatic carbocycles. The van der Waals surface area contributed by atoms with E-state index in [1.165, 1.54) is 7.11 Å². The van der Waals surface area contributed by atoms with Gasteiger partial charge in [0.15, 0.2) is 0 Å². The second-order valence-electron chi connectivity index (χ2n) is 6.22. The van der Waals surface area contributed by atoms with E-state index in [1.54, 1.807) is 0 Å². The summed E-state index contributed by atoms with van der Waals surface area (Å²) < 4.78 is 9.91. The standard InChI is InChI=1S/C21H24N2O5S/c1-27-20(25)18(13-24)22-19(29)17(12-15-8-4-2-5-9-15)23-21(26)28-14-16-10-6-3-7-11-16/h2-11,17-18,24H,12-14H2,1H3,(H,22,29)(H,23,26)/t17-,18-/m0/s1. The van der Waals surface area contributed by atoms with Gasteiger partial charge in [-0.3, -0.25) is 0 Å². The Morgan fingerprint density at radius 1 is 0.966 bits per heavy atom. The molecule has 154 valence electrons. The number of methoxy groups -OCH3 is 1. The molecular formula is C21H24N2O5S. The third kappa shape index (κ3) is 7.52. The molecule has 0 radical (unpaired) electrons. The summed E-state index contributed by atoms with van der Waals surface area (Å²) in [5.74, 6) is -0.653. The molecule has 0 spiro atoms. The minimum atomic E-state index is -1.02. The van der Waals surface area contributed by atoms with Crippen molar-refractivity contribution >= 4 is 29.3 Å². The highest BCUT2D eigenvalue weighted by Crippen LogP contribution is 2.07. The highest BCUT2D eigenvalue weighted by Gasteiger charge is 2.25. The molecule has 8 heteroatoms. The predicted octanol–water partition coefficient (Wildman–Crippen LogP) is 1.97.